The van der Waals surface area contributed by atoms with E-state index in [4.69, 9.17) is 4.74 Å². The number of carbonyl (C=O) groups excluding carboxylic acids is 1. The molecule has 8 nitrogen and oxygen atoms in total. The van der Waals surface area contributed by atoms with Crippen molar-refractivity contribution in [3.63, 3.8) is 0 Å². The molecule has 2 N–H and O–H groups in total. The number of amides is 2. The van der Waals surface area contributed by atoms with Crippen molar-refractivity contribution in [1.82, 2.24) is 14.5 Å². The summed E-state index contributed by atoms with van der Waals surface area (Å²) < 4.78 is 48.7. The third kappa shape index (κ3) is 7.79. The van der Waals surface area contributed by atoms with E-state index in [0.717, 1.165) is 12.8 Å². The lowest BCUT2D eigenvalue weighted by Crippen LogP contribution is -2.51. The number of halogens is 1. The number of sulfonamides is 1. The number of nitrogens with zero attached hydrogens (tertiary/aromatic N) is 2. The van der Waals surface area contributed by atoms with E-state index in [1.807, 2.05) is 6.92 Å². The minimum Gasteiger partial charge on any atom is -0.487 e. The Kier molecular flexibility index (Phi) is 10.3. The summed E-state index contributed by atoms with van der Waals surface area (Å²) in [5.41, 5.74) is 0.983. The highest BCUT2D eigenvalue weighted by atomic mass is 32.2. The number of benzene rings is 2. The summed E-state index contributed by atoms with van der Waals surface area (Å²) in [7, 11) is -2.30. The molecule has 1 fully saturated rings. The minimum absolute atomic E-state index is 0.0320. The van der Waals surface area contributed by atoms with Crippen molar-refractivity contribution in [3.05, 3.63) is 59.4 Å². The molecule has 0 spiro atoms. The monoisotopic (exact) mass is 585 g/mol. The molecule has 2 aromatic rings. The second-order valence-corrected chi connectivity index (χ2v) is 13.1. The van der Waals surface area contributed by atoms with Gasteiger partial charge >= 0.3 is 6.03 Å². The molecule has 4 rings (SSSR count). The molecule has 1 saturated carbocycles. The number of nitrogens with one attached hydrogen (secondary N) is 1. The molecule has 41 heavy (non-hydrogen) atoms. The first-order chi connectivity index (χ1) is 19.6. The molecule has 2 aliphatic rings. The Morgan fingerprint density at radius 2 is 1.88 bits per heavy atom. The predicted molar refractivity (Wildman–Crippen MR) is 155 cm³/mol. The zero-order chi connectivity index (χ0) is 29.6. The van der Waals surface area contributed by atoms with Crippen LogP contribution in [0.25, 0.3) is 0 Å². The molecule has 1 aliphatic carbocycles. The number of hydrogen-bond acceptors (Lipinski definition) is 5. The van der Waals surface area contributed by atoms with Crippen LogP contribution in [0.1, 0.15) is 57.1 Å². The maximum atomic E-state index is 13.7. The second kappa shape index (κ2) is 13.7. The minimum atomic E-state index is -4.01. The van der Waals surface area contributed by atoms with Gasteiger partial charge in [-0.3, -0.25) is 0 Å². The van der Waals surface area contributed by atoms with E-state index in [1.54, 1.807) is 43.1 Å². The Bertz CT molecular complexity index is 1380. The average molecular weight is 586 g/mol. The van der Waals surface area contributed by atoms with Gasteiger partial charge in [-0.1, -0.05) is 44.1 Å². The number of ether oxygens (including phenoxy) is 1. The lowest BCUT2D eigenvalue weighted by Gasteiger charge is -2.37. The van der Waals surface area contributed by atoms with Gasteiger partial charge in [-0.2, -0.15) is 4.31 Å². The van der Waals surface area contributed by atoms with E-state index in [9.17, 15) is 22.7 Å². The first kappa shape index (κ1) is 30.8. The van der Waals surface area contributed by atoms with Crippen LogP contribution in [-0.4, -0.2) is 74.2 Å². The van der Waals surface area contributed by atoms with Crippen molar-refractivity contribution in [2.45, 2.75) is 63.0 Å². The molecule has 0 radical (unpaired) electrons. The smallest absolute Gasteiger partial charge is 0.317 e. The Labute approximate surface area is 242 Å². The quantitative estimate of drug-likeness (QED) is 0.495. The van der Waals surface area contributed by atoms with E-state index in [2.05, 4.69) is 17.2 Å². The van der Waals surface area contributed by atoms with Gasteiger partial charge in [0.2, 0.25) is 10.0 Å². The van der Waals surface area contributed by atoms with Gasteiger partial charge in [-0.25, -0.2) is 17.6 Å². The fourth-order valence-electron chi connectivity index (χ4n) is 5.34. The Morgan fingerprint density at radius 1 is 1.17 bits per heavy atom. The van der Waals surface area contributed by atoms with Crippen molar-refractivity contribution >= 4 is 16.1 Å². The third-order valence-corrected chi connectivity index (χ3v) is 9.93. The summed E-state index contributed by atoms with van der Waals surface area (Å²) in [5, 5.41) is 12.9. The lowest BCUT2D eigenvalue weighted by molar-refractivity contribution is 0.0810. The van der Waals surface area contributed by atoms with Gasteiger partial charge in [-0.15, -0.1) is 0 Å². The van der Waals surface area contributed by atoms with E-state index in [-0.39, 0.29) is 42.3 Å². The van der Waals surface area contributed by atoms with Gasteiger partial charge in [0, 0.05) is 43.2 Å². The van der Waals surface area contributed by atoms with Crippen LogP contribution in [-0.2, 0) is 10.0 Å². The van der Waals surface area contributed by atoms with E-state index in [1.165, 1.54) is 41.8 Å². The standard InChI is InChI=1S/C31H40FN3O5S/c1-22-19-35(23(2)21-36)41(38,39)30-15-14-25(13-12-24-10-7-11-27(32)16-24)17-28(30)40-29(22)20-34(3)31(37)33-18-26-8-5-4-6-9-26/h7,10-11,14-17,22-23,26,29,36H,4-6,8-9,18-21H2,1-3H3,(H,33,37)/t22-,23+,29+/m1/s1. The molecule has 1 aliphatic heterocycles. The van der Waals surface area contributed by atoms with Gasteiger partial charge < -0.3 is 20.1 Å². The molecule has 0 aromatic heterocycles. The molecule has 2 amide bonds. The Morgan fingerprint density at radius 3 is 2.56 bits per heavy atom. The van der Waals surface area contributed by atoms with Crippen LogP contribution in [0.5, 0.6) is 5.75 Å². The Hall–Kier alpha value is -3.13. The van der Waals surface area contributed by atoms with Gasteiger partial charge in [0.25, 0.3) is 0 Å². The first-order valence-electron chi connectivity index (χ1n) is 14.3. The number of hydrogen-bond donors (Lipinski definition) is 2. The topological polar surface area (TPSA) is 99.2 Å². The summed E-state index contributed by atoms with van der Waals surface area (Å²) in [5.74, 6) is 5.78. The van der Waals surface area contributed by atoms with Gasteiger partial charge in [-0.05, 0) is 62.1 Å². The zero-order valence-electron chi connectivity index (χ0n) is 24.0. The van der Waals surface area contributed by atoms with Crippen molar-refractivity contribution in [2.24, 2.45) is 11.8 Å². The zero-order valence-corrected chi connectivity index (χ0v) is 24.8. The van der Waals surface area contributed by atoms with E-state index < -0.39 is 28.0 Å². The van der Waals surface area contributed by atoms with Crippen LogP contribution in [0.15, 0.2) is 47.4 Å². The largest absolute Gasteiger partial charge is 0.487 e. The van der Waals surface area contributed by atoms with Gasteiger partial charge in [0.1, 0.15) is 22.6 Å². The molecular formula is C31H40FN3O5S. The van der Waals surface area contributed by atoms with Crippen LogP contribution in [0.3, 0.4) is 0 Å². The molecule has 0 bridgehead atoms. The molecule has 3 atom stereocenters. The molecule has 2 aromatic carbocycles. The van der Waals surface area contributed by atoms with E-state index in [0.29, 0.717) is 23.6 Å². The summed E-state index contributed by atoms with van der Waals surface area (Å²) in [6, 6.07) is 9.66. The Balaban J connectivity index is 1.60. The molecule has 10 heteroatoms. The maximum absolute atomic E-state index is 13.7. The molecular weight excluding hydrogens is 545 g/mol. The fourth-order valence-corrected chi connectivity index (χ4v) is 7.17. The van der Waals surface area contributed by atoms with Crippen LogP contribution in [0.2, 0.25) is 0 Å². The number of aliphatic hydroxyl groups excluding tert-OH is 1. The second-order valence-electron chi connectivity index (χ2n) is 11.2. The van der Waals surface area contributed by atoms with Crippen molar-refractivity contribution in [1.29, 1.82) is 0 Å². The fraction of sp³-hybridized carbons (Fsp3) is 0.516. The van der Waals surface area contributed by atoms with Gasteiger partial charge in [0.05, 0.1) is 13.2 Å². The predicted octanol–water partition coefficient (Wildman–Crippen LogP) is 4.22. The number of fused-ring (bicyclic) bond motifs is 1. The lowest BCUT2D eigenvalue weighted by atomic mass is 9.89. The highest BCUT2D eigenvalue weighted by Gasteiger charge is 2.38. The number of rotatable bonds is 6. The molecule has 0 unspecified atom stereocenters. The molecule has 0 saturated heterocycles. The van der Waals surface area contributed by atoms with Crippen LogP contribution in [0.4, 0.5) is 9.18 Å². The van der Waals surface area contributed by atoms with Crippen LogP contribution in [0, 0.1) is 29.5 Å². The number of carbonyl (C=O) groups is 1. The third-order valence-electron chi connectivity index (χ3n) is 7.91. The highest BCUT2D eigenvalue weighted by molar-refractivity contribution is 7.89. The van der Waals surface area contributed by atoms with Crippen LogP contribution < -0.4 is 10.1 Å². The molecule has 222 valence electrons. The summed E-state index contributed by atoms with van der Waals surface area (Å²) in [6.07, 6.45) is 5.37. The van der Waals surface area contributed by atoms with Crippen molar-refractivity contribution < 1.29 is 27.4 Å². The van der Waals surface area contributed by atoms with E-state index >= 15 is 0 Å². The average Bonchev–Trinajstić information content (AvgIpc) is 2.96. The molecule has 1 heterocycles. The number of aliphatic hydroxyl groups is 1. The van der Waals surface area contributed by atoms with Gasteiger partial charge in [0.15, 0.2) is 0 Å². The first-order valence-corrected chi connectivity index (χ1v) is 15.7. The summed E-state index contributed by atoms with van der Waals surface area (Å²) in [4.78, 5) is 14.5. The van der Waals surface area contributed by atoms with Crippen molar-refractivity contribution in [2.75, 3.05) is 33.3 Å². The van der Waals surface area contributed by atoms with Crippen LogP contribution >= 0.6 is 0 Å². The summed E-state index contributed by atoms with van der Waals surface area (Å²) >= 11 is 0. The highest BCUT2D eigenvalue weighted by Crippen LogP contribution is 2.34. The number of likely N-dealkylation sites (N-methyl/N-ethyl adjacent to an activating group) is 1. The SMILES string of the molecule is C[C@@H]1CN([C@@H](C)CO)S(=O)(=O)c2ccc(C#Cc3cccc(F)c3)cc2O[C@H]1CN(C)C(=O)NCC1CCCCC1. The maximum Gasteiger partial charge on any atom is 0.317 e. The number of urea groups is 1. The normalized spacial score (nSPS) is 21.7. The van der Waals surface area contributed by atoms with Crippen molar-refractivity contribution in [3.8, 4) is 17.6 Å². The summed E-state index contributed by atoms with van der Waals surface area (Å²) in [6.45, 7) is 4.19.